The molecule has 1 saturated carbocycles. The van der Waals surface area contributed by atoms with Gasteiger partial charge in [0.15, 0.2) is 0 Å². The fraction of sp³-hybridized carbons (Fsp3) is 0.636. The molecule has 1 aromatic rings. The van der Waals surface area contributed by atoms with E-state index in [1.54, 1.807) is 0 Å². The van der Waals surface area contributed by atoms with Crippen LogP contribution < -0.4 is 11.1 Å². The van der Waals surface area contributed by atoms with E-state index in [0.29, 0.717) is 12.5 Å². The molecule has 1 aliphatic carbocycles. The molecule has 3 nitrogen and oxygen atoms in total. The summed E-state index contributed by atoms with van der Waals surface area (Å²) in [6.45, 7) is 4.57. The van der Waals surface area contributed by atoms with Gasteiger partial charge in [0.25, 0.3) is 0 Å². The molecular formula is C11H18N2O. The van der Waals surface area contributed by atoms with Crippen LogP contribution in [0, 0.1) is 5.92 Å². The van der Waals surface area contributed by atoms with Crippen LogP contribution in [-0.2, 0) is 6.54 Å². The van der Waals surface area contributed by atoms with Crippen LogP contribution >= 0.6 is 0 Å². The minimum atomic E-state index is 0.674. The molecule has 2 atom stereocenters. The van der Waals surface area contributed by atoms with Crippen molar-refractivity contribution in [1.82, 2.24) is 5.32 Å². The maximum Gasteiger partial charge on any atom is 0.117 e. The van der Waals surface area contributed by atoms with Gasteiger partial charge in [0.05, 0.1) is 6.54 Å². The van der Waals surface area contributed by atoms with E-state index in [9.17, 15) is 0 Å². The van der Waals surface area contributed by atoms with Gasteiger partial charge in [-0.2, -0.15) is 0 Å². The van der Waals surface area contributed by atoms with Crippen molar-refractivity contribution >= 4 is 0 Å². The van der Waals surface area contributed by atoms with Gasteiger partial charge in [-0.05, 0) is 24.5 Å². The molecule has 1 heterocycles. The van der Waals surface area contributed by atoms with Crippen LogP contribution in [0.1, 0.15) is 30.8 Å². The monoisotopic (exact) mass is 194 g/mol. The van der Waals surface area contributed by atoms with Crippen LogP contribution in [0.5, 0.6) is 0 Å². The summed E-state index contributed by atoms with van der Waals surface area (Å²) in [6.07, 6.45) is 1.28. The fourth-order valence-corrected chi connectivity index (χ4v) is 1.72. The first kappa shape index (κ1) is 9.74. The van der Waals surface area contributed by atoms with E-state index in [1.165, 1.54) is 6.42 Å². The van der Waals surface area contributed by atoms with Gasteiger partial charge >= 0.3 is 0 Å². The molecule has 14 heavy (non-hydrogen) atoms. The third-order valence-corrected chi connectivity index (χ3v) is 2.78. The summed E-state index contributed by atoms with van der Waals surface area (Å²) in [5.41, 5.74) is 5.38. The highest BCUT2D eigenvalue weighted by molar-refractivity contribution is 5.17. The van der Waals surface area contributed by atoms with Crippen LogP contribution in [0.25, 0.3) is 0 Å². The molecule has 3 N–H and O–H groups in total. The Hall–Kier alpha value is -0.800. The van der Waals surface area contributed by atoms with Crippen LogP contribution in [0.3, 0.4) is 0 Å². The molecule has 0 saturated heterocycles. The van der Waals surface area contributed by atoms with Gasteiger partial charge in [0, 0.05) is 19.0 Å². The number of rotatable bonds is 5. The number of nitrogens with one attached hydrogen (secondary N) is 1. The van der Waals surface area contributed by atoms with Crippen molar-refractivity contribution in [2.75, 3.05) is 13.1 Å². The second-order valence-electron chi connectivity index (χ2n) is 4.09. The summed E-state index contributed by atoms with van der Waals surface area (Å²) < 4.78 is 5.72. The molecule has 2 rings (SSSR count). The molecular weight excluding hydrogens is 176 g/mol. The van der Waals surface area contributed by atoms with Gasteiger partial charge in [-0.15, -0.1) is 0 Å². The molecule has 3 heteroatoms. The van der Waals surface area contributed by atoms with Crippen molar-refractivity contribution in [3.63, 3.8) is 0 Å². The zero-order valence-electron chi connectivity index (χ0n) is 8.62. The lowest BCUT2D eigenvalue weighted by molar-refractivity contribution is 0.446. The summed E-state index contributed by atoms with van der Waals surface area (Å²) in [7, 11) is 0. The quantitative estimate of drug-likeness (QED) is 0.697. The van der Waals surface area contributed by atoms with E-state index >= 15 is 0 Å². The van der Waals surface area contributed by atoms with Crippen molar-refractivity contribution in [3.8, 4) is 0 Å². The maximum atomic E-state index is 5.72. The Morgan fingerprint density at radius 3 is 3.00 bits per heavy atom. The Bertz CT molecular complexity index is 295. The average molecular weight is 194 g/mol. The van der Waals surface area contributed by atoms with E-state index in [4.69, 9.17) is 10.2 Å². The molecule has 78 valence electrons. The van der Waals surface area contributed by atoms with Crippen LogP contribution in [0.4, 0.5) is 0 Å². The van der Waals surface area contributed by atoms with E-state index < -0.39 is 0 Å². The summed E-state index contributed by atoms with van der Waals surface area (Å²) in [4.78, 5) is 0. The fourth-order valence-electron chi connectivity index (χ4n) is 1.72. The van der Waals surface area contributed by atoms with Crippen molar-refractivity contribution < 1.29 is 4.42 Å². The van der Waals surface area contributed by atoms with Crippen LogP contribution in [-0.4, -0.2) is 13.1 Å². The molecule has 0 amide bonds. The zero-order chi connectivity index (χ0) is 9.97. The number of nitrogens with two attached hydrogens (primary N) is 1. The third kappa shape index (κ3) is 2.16. The molecule has 0 aliphatic heterocycles. The highest BCUT2D eigenvalue weighted by Crippen LogP contribution is 2.47. The summed E-state index contributed by atoms with van der Waals surface area (Å²) in [5.74, 6) is 3.67. The Kier molecular flexibility index (Phi) is 2.89. The average Bonchev–Trinajstić information content (AvgIpc) is 2.74. The Morgan fingerprint density at radius 2 is 2.36 bits per heavy atom. The highest BCUT2D eigenvalue weighted by Gasteiger charge is 2.36. The van der Waals surface area contributed by atoms with Crippen molar-refractivity contribution in [2.24, 2.45) is 11.7 Å². The lowest BCUT2D eigenvalue weighted by Gasteiger charge is -1.98. The standard InChI is InChI=1S/C11H18N2O/c1-8-6-10(8)11-3-2-9(14-11)7-13-5-4-12/h2-3,8,10,13H,4-7,12H2,1H3. The van der Waals surface area contributed by atoms with Gasteiger partial charge in [0.1, 0.15) is 11.5 Å². The number of hydrogen-bond donors (Lipinski definition) is 2. The first-order valence-electron chi connectivity index (χ1n) is 5.30. The van der Waals surface area contributed by atoms with Crippen molar-refractivity contribution in [2.45, 2.75) is 25.8 Å². The Labute approximate surface area is 84.7 Å². The largest absolute Gasteiger partial charge is 0.464 e. The molecule has 1 aliphatic rings. The highest BCUT2D eigenvalue weighted by atomic mass is 16.3. The molecule has 0 radical (unpaired) electrons. The number of hydrogen-bond acceptors (Lipinski definition) is 3. The predicted octanol–water partition coefficient (Wildman–Crippen LogP) is 1.45. The maximum absolute atomic E-state index is 5.72. The third-order valence-electron chi connectivity index (χ3n) is 2.78. The van der Waals surface area contributed by atoms with E-state index in [0.717, 1.165) is 30.5 Å². The molecule has 0 spiro atoms. The van der Waals surface area contributed by atoms with Gasteiger partial charge in [-0.1, -0.05) is 6.92 Å². The van der Waals surface area contributed by atoms with Crippen LogP contribution in [0.2, 0.25) is 0 Å². The van der Waals surface area contributed by atoms with Crippen molar-refractivity contribution in [3.05, 3.63) is 23.7 Å². The predicted molar refractivity (Wildman–Crippen MR) is 56.0 cm³/mol. The van der Waals surface area contributed by atoms with E-state index in [1.807, 2.05) is 0 Å². The van der Waals surface area contributed by atoms with Gasteiger partial charge < -0.3 is 15.5 Å². The molecule has 2 unspecified atom stereocenters. The number of furan rings is 1. The topological polar surface area (TPSA) is 51.2 Å². The normalized spacial score (nSPS) is 25.3. The van der Waals surface area contributed by atoms with Crippen molar-refractivity contribution in [1.29, 1.82) is 0 Å². The van der Waals surface area contributed by atoms with Gasteiger partial charge in [0.2, 0.25) is 0 Å². The Balaban J connectivity index is 1.84. The van der Waals surface area contributed by atoms with Crippen LogP contribution in [0.15, 0.2) is 16.5 Å². The second-order valence-corrected chi connectivity index (χ2v) is 4.09. The summed E-state index contributed by atoms with van der Waals surface area (Å²) in [6, 6.07) is 4.16. The SMILES string of the molecule is CC1CC1c1ccc(CNCCN)o1. The minimum absolute atomic E-state index is 0.674. The smallest absolute Gasteiger partial charge is 0.117 e. The zero-order valence-corrected chi connectivity index (χ0v) is 8.62. The summed E-state index contributed by atoms with van der Waals surface area (Å²) >= 11 is 0. The molecule has 0 bridgehead atoms. The summed E-state index contributed by atoms with van der Waals surface area (Å²) in [5, 5.41) is 3.22. The lowest BCUT2D eigenvalue weighted by Crippen LogP contribution is -2.21. The molecule has 1 aromatic heterocycles. The second kappa shape index (κ2) is 4.15. The molecule has 0 aromatic carbocycles. The first-order chi connectivity index (χ1) is 6.81. The Morgan fingerprint density at radius 1 is 1.57 bits per heavy atom. The first-order valence-corrected chi connectivity index (χ1v) is 5.30. The van der Waals surface area contributed by atoms with E-state index in [-0.39, 0.29) is 0 Å². The minimum Gasteiger partial charge on any atom is -0.464 e. The van der Waals surface area contributed by atoms with Gasteiger partial charge in [-0.3, -0.25) is 0 Å². The van der Waals surface area contributed by atoms with Gasteiger partial charge in [-0.25, -0.2) is 0 Å². The lowest BCUT2D eigenvalue weighted by atomic mass is 10.3. The van der Waals surface area contributed by atoms with E-state index in [2.05, 4.69) is 24.4 Å². The molecule has 1 fully saturated rings.